The Balaban J connectivity index is 1.98. The topological polar surface area (TPSA) is 71.0 Å². The number of nitrogens with zero attached hydrogens (tertiary/aromatic N) is 2. The predicted molar refractivity (Wildman–Crippen MR) is 74.7 cm³/mol. The molecule has 4 nitrogen and oxygen atoms in total. The van der Waals surface area contributed by atoms with Crippen molar-refractivity contribution in [1.82, 2.24) is 0 Å². The highest BCUT2D eigenvalue weighted by atomic mass is 16.3. The van der Waals surface area contributed by atoms with E-state index in [1.807, 2.05) is 42.5 Å². The Labute approximate surface area is 111 Å². The molecule has 3 rings (SSSR count). The zero-order chi connectivity index (χ0) is 13.5. The van der Waals surface area contributed by atoms with Gasteiger partial charge < -0.3 is 10.8 Å². The maximum absolute atomic E-state index is 10.1. The van der Waals surface area contributed by atoms with Crippen molar-refractivity contribution in [2.75, 3.05) is 6.54 Å². The van der Waals surface area contributed by atoms with Crippen LogP contribution in [0.25, 0.3) is 11.1 Å². The summed E-state index contributed by atoms with van der Waals surface area (Å²) in [5.74, 6) is 0. The van der Waals surface area contributed by atoms with Crippen LogP contribution in [-0.4, -0.2) is 11.7 Å². The van der Waals surface area contributed by atoms with Crippen molar-refractivity contribution in [3.63, 3.8) is 0 Å². The molecule has 0 saturated carbocycles. The van der Waals surface area contributed by atoms with Gasteiger partial charge in [0, 0.05) is 12.1 Å². The van der Waals surface area contributed by atoms with Gasteiger partial charge in [0.05, 0.1) is 17.0 Å². The molecule has 0 aliphatic carbocycles. The van der Waals surface area contributed by atoms with Crippen LogP contribution in [0.2, 0.25) is 0 Å². The van der Waals surface area contributed by atoms with Gasteiger partial charge in [-0.25, -0.2) is 0 Å². The minimum Gasteiger partial charge on any atom is -0.384 e. The van der Waals surface area contributed by atoms with E-state index in [2.05, 4.69) is 10.2 Å². The highest BCUT2D eigenvalue weighted by Crippen LogP contribution is 2.39. The van der Waals surface area contributed by atoms with Crippen LogP contribution in [0.4, 0.5) is 11.4 Å². The summed E-state index contributed by atoms with van der Waals surface area (Å²) in [6, 6.07) is 13.7. The second kappa shape index (κ2) is 4.26. The molecule has 0 saturated heterocycles. The van der Waals surface area contributed by atoms with Crippen molar-refractivity contribution in [3.05, 3.63) is 48.0 Å². The van der Waals surface area contributed by atoms with Crippen LogP contribution in [0.1, 0.15) is 12.5 Å². The number of aliphatic hydroxyl groups is 1. The lowest BCUT2D eigenvalue weighted by atomic mass is 9.93. The van der Waals surface area contributed by atoms with Crippen molar-refractivity contribution < 1.29 is 5.11 Å². The van der Waals surface area contributed by atoms with Gasteiger partial charge in [-0.1, -0.05) is 24.3 Å². The number of hydrogen-bond donors (Lipinski definition) is 2. The SMILES string of the molecule is CC(O)(CN)c1ccc(-c2ccc3cc2N=N3)cc1. The molecule has 1 heterocycles. The van der Waals surface area contributed by atoms with E-state index in [1.54, 1.807) is 6.92 Å². The number of azo groups is 1. The van der Waals surface area contributed by atoms with E-state index >= 15 is 0 Å². The first-order valence-electron chi connectivity index (χ1n) is 6.19. The van der Waals surface area contributed by atoms with Gasteiger partial charge in [-0.3, -0.25) is 0 Å². The van der Waals surface area contributed by atoms with Crippen molar-refractivity contribution in [1.29, 1.82) is 0 Å². The van der Waals surface area contributed by atoms with Crippen molar-refractivity contribution in [2.24, 2.45) is 16.0 Å². The van der Waals surface area contributed by atoms with Crippen molar-refractivity contribution in [3.8, 4) is 11.1 Å². The number of hydrogen-bond acceptors (Lipinski definition) is 4. The molecule has 1 unspecified atom stereocenters. The van der Waals surface area contributed by atoms with E-state index in [1.165, 1.54) is 0 Å². The van der Waals surface area contributed by atoms with E-state index in [9.17, 15) is 5.11 Å². The second-order valence-corrected chi connectivity index (χ2v) is 4.96. The Morgan fingerprint density at radius 2 is 1.84 bits per heavy atom. The number of rotatable bonds is 3. The molecule has 0 fully saturated rings. The first kappa shape index (κ1) is 12.0. The highest BCUT2D eigenvalue weighted by molar-refractivity contribution is 5.79. The third-order valence-electron chi connectivity index (χ3n) is 3.47. The molecule has 96 valence electrons. The van der Waals surface area contributed by atoms with Gasteiger partial charge in [-0.05, 0) is 36.2 Å². The van der Waals surface area contributed by atoms with Crippen LogP contribution in [0.3, 0.4) is 0 Å². The smallest absolute Gasteiger partial charge is 0.0990 e. The minimum atomic E-state index is -0.987. The molecule has 1 aliphatic heterocycles. The third-order valence-corrected chi connectivity index (χ3v) is 3.47. The Hall–Kier alpha value is -2.04. The summed E-state index contributed by atoms with van der Waals surface area (Å²) < 4.78 is 0. The Morgan fingerprint density at radius 1 is 1.11 bits per heavy atom. The van der Waals surface area contributed by atoms with E-state index < -0.39 is 5.60 Å². The van der Waals surface area contributed by atoms with Crippen molar-refractivity contribution >= 4 is 11.4 Å². The van der Waals surface area contributed by atoms with Gasteiger partial charge in [-0.2, -0.15) is 5.11 Å². The molecule has 2 aromatic carbocycles. The van der Waals surface area contributed by atoms with Gasteiger partial charge in [-0.15, -0.1) is 5.11 Å². The van der Waals surface area contributed by atoms with E-state index in [4.69, 9.17) is 5.73 Å². The van der Waals surface area contributed by atoms with Gasteiger partial charge in [0.15, 0.2) is 0 Å². The van der Waals surface area contributed by atoms with E-state index in [0.717, 1.165) is 28.1 Å². The maximum atomic E-state index is 10.1. The molecule has 2 bridgehead atoms. The Bertz CT molecular complexity index is 645. The van der Waals surface area contributed by atoms with Gasteiger partial charge in [0.25, 0.3) is 0 Å². The summed E-state index contributed by atoms with van der Waals surface area (Å²) in [6.45, 7) is 1.91. The third kappa shape index (κ3) is 2.05. The Kier molecular flexibility index (Phi) is 2.69. The fraction of sp³-hybridized carbons (Fsp3) is 0.200. The molecule has 19 heavy (non-hydrogen) atoms. The second-order valence-electron chi connectivity index (χ2n) is 4.96. The van der Waals surface area contributed by atoms with Crippen LogP contribution < -0.4 is 5.73 Å². The standard InChI is InChI=1S/C15H15N3O/c1-15(19,9-16)11-4-2-10(3-5-11)13-7-6-12-8-14(13)18-17-12/h2-8,19H,9,16H2,1H3. The van der Waals surface area contributed by atoms with Crippen LogP contribution in [-0.2, 0) is 5.60 Å². The van der Waals surface area contributed by atoms with Crippen LogP contribution >= 0.6 is 0 Å². The fourth-order valence-corrected chi connectivity index (χ4v) is 2.15. The van der Waals surface area contributed by atoms with Gasteiger partial charge in [0.1, 0.15) is 0 Å². The highest BCUT2D eigenvalue weighted by Gasteiger charge is 2.20. The number of benzene rings is 2. The largest absolute Gasteiger partial charge is 0.384 e. The van der Waals surface area contributed by atoms with Crippen LogP contribution in [0.15, 0.2) is 52.7 Å². The summed E-state index contributed by atoms with van der Waals surface area (Å²) in [7, 11) is 0. The lowest BCUT2D eigenvalue weighted by Gasteiger charge is -2.21. The molecule has 1 aliphatic rings. The molecular weight excluding hydrogens is 238 g/mol. The molecule has 0 radical (unpaired) electrons. The lowest BCUT2D eigenvalue weighted by Crippen LogP contribution is -2.31. The summed E-state index contributed by atoms with van der Waals surface area (Å²) in [5, 5.41) is 18.3. The molecular formula is C15H15N3O. The average molecular weight is 253 g/mol. The molecule has 3 N–H and O–H groups in total. The Morgan fingerprint density at radius 3 is 2.53 bits per heavy atom. The fourth-order valence-electron chi connectivity index (χ4n) is 2.15. The molecule has 4 heteroatoms. The molecule has 2 aromatic rings. The van der Waals surface area contributed by atoms with E-state index in [0.29, 0.717) is 0 Å². The lowest BCUT2D eigenvalue weighted by molar-refractivity contribution is 0.0668. The predicted octanol–water partition coefficient (Wildman–Crippen LogP) is 3.25. The molecule has 0 aromatic heterocycles. The summed E-state index contributed by atoms with van der Waals surface area (Å²) >= 11 is 0. The first-order chi connectivity index (χ1) is 9.10. The summed E-state index contributed by atoms with van der Waals surface area (Å²) in [6.07, 6.45) is 0. The monoisotopic (exact) mass is 253 g/mol. The summed E-state index contributed by atoms with van der Waals surface area (Å²) in [5.41, 5.74) is 9.26. The average Bonchev–Trinajstić information content (AvgIpc) is 2.81. The number of fused-ring (bicyclic) bond motifs is 2. The maximum Gasteiger partial charge on any atom is 0.0990 e. The van der Waals surface area contributed by atoms with Crippen LogP contribution in [0.5, 0.6) is 0 Å². The van der Waals surface area contributed by atoms with Crippen molar-refractivity contribution in [2.45, 2.75) is 12.5 Å². The molecule has 1 atom stereocenters. The molecule has 0 spiro atoms. The molecule has 0 amide bonds. The number of nitrogens with two attached hydrogens (primary N) is 1. The normalized spacial score (nSPS) is 15.5. The zero-order valence-corrected chi connectivity index (χ0v) is 10.7. The first-order valence-corrected chi connectivity index (χ1v) is 6.19. The zero-order valence-electron chi connectivity index (χ0n) is 10.7. The van der Waals surface area contributed by atoms with Crippen LogP contribution in [0, 0.1) is 0 Å². The van der Waals surface area contributed by atoms with E-state index in [-0.39, 0.29) is 6.54 Å². The van der Waals surface area contributed by atoms with Gasteiger partial charge in [0.2, 0.25) is 0 Å². The summed E-state index contributed by atoms with van der Waals surface area (Å²) in [4.78, 5) is 0. The van der Waals surface area contributed by atoms with Gasteiger partial charge >= 0.3 is 0 Å². The minimum absolute atomic E-state index is 0.195. The quantitative estimate of drug-likeness (QED) is 0.752.